The second-order valence-corrected chi connectivity index (χ2v) is 7.35. The van der Waals surface area contributed by atoms with Gasteiger partial charge in [-0.1, -0.05) is 38.0 Å². The van der Waals surface area contributed by atoms with Crippen LogP contribution in [-0.2, 0) is 14.8 Å². The van der Waals surface area contributed by atoms with Crippen LogP contribution in [0.3, 0.4) is 0 Å². The van der Waals surface area contributed by atoms with Crippen molar-refractivity contribution in [1.82, 2.24) is 4.72 Å². The maximum atomic E-state index is 12.3. The van der Waals surface area contributed by atoms with Crippen molar-refractivity contribution >= 4 is 15.9 Å². The summed E-state index contributed by atoms with van der Waals surface area (Å²) in [7, 11) is -3.76. The summed E-state index contributed by atoms with van der Waals surface area (Å²) in [5.74, 6) is -0.0574. The number of amides is 1. The summed E-state index contributed by atoms with van der Waals surface area (Å²) in [4.78, 5) is 12.3. The molecule has 0 aromatic heterocycles. The molecule has 1 fully saturated rings. The van der Waals surface area contributed by atoms with E-state index in [1.807, 2.05) is 0 Å². The Labute approximate surface area is 120 Å². The molecule has 0 saturated heterocycles. The first-order valence-corrected chi connectivity index (χ1v) is 8.51. The average molecular weight is 295 g/mol. The van der Waals surface area contributed by atoms with Crippen LogP contribution < -0.4 is 4.72 Å². The molecule has 5 heteroatoms. The summed E-state index contributed by atoms with van der Waals surface area (Å²) in [5.41, 5.74) is 0.643. The molecule has 0 heterocycles. The first kappa shape index (κ1) is 15.0. The van der Waals surface area contributed by atoms with Gasteiger partial charge in [-0.2, -0.15) is 0 Å². The highest BCUT2D eigenvalue weighted by molar-refractivity contribution is 7.90. The van der Waals surface area contributed by atoms with Gasteiger partial charge < -0.3 is 0 Å². The molecule has 1 aliphatic carbocycles. The number of sulfonamides is 1. The van der Waals surface area contributed by atoms with Crippen LogP contribution in [0.2, 0.25) is 0 Å². The molecule has 2 atom stereocenters. The van der Waals surface area contributed by atoms with Gasteiger partial charge in [-0.3, -0.25) is 4.79 Å². The number of aryl methyl sites for hydroxylation is 1. The van der Waals surface area contributed by atoms with Gasteiger partial charge in [0, 0.05) is 5.92 Å². The van der Waals surface area contributed by atoms with E-state index in [4.69, 9.17) is 0 Å². The summed E-state index contributed by atoms with van der Waals surface area (Å²) in [5, 5.41) is 0. The van der Waals surface area contributed by atoms with Crippen LogP contribution in [0, 0.1) is 18.8 Å². The van der Waals surface area contributed by atoms with Crippen LogP contribution in [0.25, 0.3) is 0 Å². The number of benzene rings is 1. The van der Waals surface area contributed by atoms with Crippen LogP contribution in [0.15, 0.2) is 29.2 Å². The molecule has 0 aliphatic heterocycles. The van der Waals surface area contributed by atoms with Crippen molar-refractivity contribution in [1.29, 1.82) is 0 Å². The number of carbonyl (C=O) groups is 1. The summed E-state index contributed by atoms with van der Waals surface area (Å²) >= 11 is 0. The average Bonchev–Trinajstić information content (AvgIpc) is 2.38. The highest BCUT2D eigenvalue weighted by Crippen LogP contribution is 2.29. The predicted molar refractivity (Wildman–Crippen MR) is 77.6 cm³/mol. The fourth-order valence-corrected chi connectivity index (χ4v) is 4.09. The number of rotatable bonds is 3. The minimum absolute atomic E-state index is 0.178. The second-order valence-electron chi connectivity index (χ2n) is 5.70. The fourth-order valence-electron chi connectivity index (χ4n) is 2.80. The Bertz CT molecular complexity index is 595. The molecule has 2 rings (SSSR count). The molecule has 1 aliphatic rings. The van der Waals surface area contributed by atoms with Gasteiger partial charge in [0.2, 0.25) is 5.91 Å². The molecule has 0 spiro atoms. The first-order chi connectivity index (χ1) is 9.40. The summed E-state index contributed by atoms with van der Waals surface area (Å²) < 4.78 is 26.7. The third-order valence-electron chi connectivity index (χ3n) is 3.93. The number of hydrogen-bond acceptors (Lipinski definition) is 3. The Morgan fingerprint density at radius 2 is 1.95 bits per heavy atom. The van der Waals surface area contributed by atoms with Gasteiger partial charge in [0.1, 0.15) is 0 Å². The van der Waals surface area contributed by atoms with Crippen molar-refractivity contribution in [2.45, 2.75) is 44.4 Å². The van der Waals surface area contributed by atoms with Crippen LogP contribution in [0.4, 0.5) is 0 Å². The third kappa shape index (κ3) is 3.39. The van der Waals surface area contributed by atoms with Crippen LogP contribution in [-0.4, -0.2) is 14.3 Å². The van der Waals surface area contributed by atoms with Crippen molar-refractivity contribution < 1.29 is 13.2 Å². The SMILES string of the molecule is Cc1ccccc1S(=O)(=O)NC(=O)C1CCCC(C)C1. The lowest BCUT2D eigenvalue weighted by molar-refractivity contribution is -0.124. The fraction of sp³-hybridized carbons (Fsp3) is 0.533. The molecule has 110 valence electrons. The predicted octanol–water partition coefficient (Wildman–Crippen LogP) is 2.63. The van der Waals surface area contributed by atoms with Gasteiger partial charge in [-0.25, -0.2) is 13.1 Å². The minimum atomic E-state index is -3.76. The van der Waals surface area contributed by atoms with E-state index in [-0.39, 0.29) is 16.7 Å². The molecule has 0 bridgehead atoms. The lowest BCUT2D eigenvalue weighted by Crippen LogP contribution is -2.37. The molecule has 4 nitrogen and oxygen atoms in total. The zero-order chi connectivity index (χ0) is 14.8. The molecule has 20 heavy (non-hydrogen) atoms. The zero-order valence-electron chi connectivity index (χ0n) is 11.9. The largest absolute Gasteiger partial charge is 0.274 e. The van der Waals surface area contributed by atoms with Crippen LogP contribution >= 0.6 is 0 Å². The standard InChI is InChI=1S/C15H21NO3S/c1-11-6-5-8-13(10-11)15(17)16-20(18,19)14-9-4-3-7-12(14)2/h3-4,7,9,11,13H,5-6,8,10H2,1-2H3,(H,16,17). The zero-order valence-corrected chi connectivity index (χ0v) is 12.7. The third-order valence-corrected chi connectivity index (χ3v) is 5.43. The van der Waals surface area contributed by atoms with E-state index in [0.717, 1.165) is 25.7 Å². The van der Waals surface area contributed by atoms with E-state index in [0.29, 0.717) is 11.5 Å². The van der Waals surface area contributed by atoms with Crippen LogP contribution in [0.1, 0.15) is 38.2 Å². The van der Waals surface area contributed by atoms with Gasteiger partial charge >= 0.3 is 0 Å². The van der Waals surface area contributed by atoms with Gasteiger partial charge in [-0.05, 0) is 37.3 Å². The summed E-state index contributed by atoms with van der Waals surface area (Å²) in [6.45, 7) is 3.83. The van der Waals surface area contributed by atoms with E-state index in [2.05, 4.69) is 11.6 Å². The lowest BCUT2D eigenvalue weighted by atomic mass is 9.82. The Morgan fingerprint density at radius 1 is 1.25 bits per heavy atom. The molecular weight excluding hydrogens is 274 g/mol. The molecule has 1 saturated carbocycles. The van der Waals surface area contributed by atoms with E-state index < -0.39 is 10.0 Å². The molecule has 1 N–H and O–H groups in total. The van der Waals surface area contributed by atoms with Crippen molar-refractivity contribution in [3.05, 3.63) is 29.8 Å². The Kier molecular flexibility index (Phi) is 4.48. The van der Waals surface area contributed by atoms with E-state index >= 15 is 0 Å². The highest BCUT2D eigenvalue weighted by atomic mass is 32.2. The topological polar surface area (TPSA) is 63.2 Å². The molecule has 1 aromatic rings. The quantitative estimate of drug-likeness (QED) is 0.932. The van der Waals surface area contributed by atoms with E-state index in [1.54, 1.807) is 25.1 Å². The minimum Gasteiger partial charge on any atom is -0.274 e. The normalized spacial score (nSPS) is 23.3. The Balaban J connectivity index is 2.12. The van der Waals surface area contributed by atoms with Gasteiger partial charge in [0.25, 0.3) is 10.0 Å². The molecule has 1 aromatic carbocycles. The van der Waals surface area contributed by atoms with Crippen molar-refractivity contribution in [2.75, 3.05) is 0 Å². The number of carbonyl (C=O) groups excluding carboxylic acids is 1. The number of hydrogen-bond donors (Lipinski definition) is 1. The first-order valence-electron chi connectivity index (χ1n) is 7.02. The number of nitrogens with one attached hydrogen (secondary N) is 1. The summed E-state index contributed by atoms with van der Waals surface area (Å²) in [6, 6.07) is 6.68. The lowest BCUT2D eigenvalue weighted by Gasteiger charge is -2.25. The highest BCUT2D eigenvalue weighted by Gasteiger charge is 2.28. The molecular formula is C15H21NO3S. The maximum Gasteiger partial charge on any atom is 0.264 e. The molecule has 2 unspecified atom stereocenters. The van der Waals surface area contributed by atoms with Gasteiger partial charge in [0.05, 0.1) is 4.90 Å². The van der Waals surface area contributed by atoms with Crippen LogP contribution in [0.5, 0.6) is 0 Å². The van der Waals surface area contributed by atoms with Gasteiger partial charge in [-0.15, -0.1) is 0 Å². The van der Waals surface area contributed by atoms with Crippen molar-refractivity contribution in [2.24, 2.45) is 11.8 Å². The molecule has 0 radical (unpaired) electrons. The Morgan fingerprint density at radius 3 is 2.60 bits per heavy atom. The van der Waals surface area contributed by atoms with Crippen molar-refractivity contribution in [3.63, 3.8) is 0 Å². The van der Waals surface area contributed by atoms with E-state index in [1.165, 1.54) is 6.07 Å². The summed E-state index contributed by atoms with van der Waals surface area (Å²) in [6.07, 6.45) is 3.66. The van der Waals surface area contributed by atoms with Gasteiger partial charge in [0.15, 0.2) is 0 Å². The second kappa shape index (κ2) is 5.95. The van der Waals surface area contributed by atoms with Crippen molar-refractivity contribution in [3.8, 4) is 0 Å². The monoisotopic (exact) mass is 295 g/mol. The molecule has 1 amide bonds. The Hall–Kier alpha value is -1.36. The smallest absolute Gasteiger partial charge is 0.264 e. The maximum absolute atomic E-state index is 12.3. The van der Waals surface area contributed by atoms with E-state index in [9.17, 15) is 13.2 Å².